The third kappa shape index (κ3) is 5.10. The van der Waals surface area contributed by atoms with Crippen LogP contribution in [-0.4, -0.2) is 9.13 Å². The first-order valence-electron chi connectivity index (χ1n) is 19.5. The second kappa shape index (κ2) is 12.7. The molecule has 12 rings (SSSR count). The largest absolute Gasteiger partial charge is 0.309 e. The molecule has 0 bridgehead atoms. The molecule has 0 aliphatic heterocycles. The van der Waals surface area contributed by atoms with E-state index in [2.05, 4.69) is 215 Å². The van der Waals surface area contributed by atoms with Crippen molar-refractivity contribution in [2.45, 2.75) is 0 Å². The molecular weight excluding hydrogens is 709 g/mol. The highest BCUT2D eigenvalue weighted by molar-refractivity contribution is 7.25. The fourth-order valence-electron chi connectivity index (χ4n) is 9.04. The van der Waals surface area contributed by atoms with Gasteiger partial charge in [-0.1, -0.05) is 127 Å². The summed E-state index contributed by atoms with van der Waals surface area (Å²) in [6, 6.07) is 75.7. The van der Waals surface area contributed by atoms with Gasteiger partial charge in [0.2, 0.25) is 0 Å². The van der Waals surface area contributed by atoms with Crippen LogP contribution in [0.5, 0.6) is 0 Å². The Morgan fingerprint density at radius 3 is 1.39 bits per heavy atom. The molecule has 0 unspecified atom stereocenters. The summed E-state index contributed by atoms with van der Waals surface area (Å²) in [6.45, 7) is 0. The molecule has 0 spiro atoms. The minimum Gasteiger partial charge on any atom is -0.309 e. The molecule has 12 aromatic rings. The zero-order chi connectivity index (χ0) is 37.5. The lowest BCUT2D eigenvalue weighted by Gasteiger charge is -2.14. The Hall–Kier alpha value is -7.20. The van der Waals surface area contributed by atoms with Crippen LogP contribution < -0.4 is 0 Å². The number of rotatable bonds is 5. The monoisotopic (exact) mass is 742 g/mol. The van der Waals surface area contributed by atoms with Gasteiger partial charge in [-0.2, -0.15) is 0 Å². The van der Waals surface area contributed by atoms with E-state index in [1.807, 2.05) is 11.3 Å². The topological polar surface area (TPSA) is 9.86 Å². The predicted octanol–water partition coefficient (Wildman–Crippen LogP) is 15.2. The number of hydrogen-bond donors (Lipinski definition) is 0. The van der Waals surface area contributed by atoms with Gasteiger partial charge in [0.15, 0.2) is 0 Å². The maximum Gasteiger partial charge on any atom is 0.0555 e. The van der Waals surface area contributed by atoms with Crippen LogP contribution in [-0.2, 0) is 0 Å². The van der Waals surface area contributed by atoms with Crippen molar-refractivity contribution in [1.82, 2.24) is 9.13 Å². The second-order valence-electron chi connectivity index (χ2n) is 15.0. The highest BCUT2D eigenvalue weighted by Crippen LogP contribution is 2.43. The van der Waals surface area contributed by atoms with Crippen molar-refractivity contribution >= 4 is 75.1 Å². The van der Waals surface area contributed by atoms with Gasteiger partial charge < -0.3 is 9.13 Å². The molecule has 57 heavy (non-hydrogen) atoms. The summed E-state index contributed by atoms with van der Waals surface area (Å²) < 4.78 is 7.45. The van der Waals surface area contributed by atoms with E-state index < -0.39 is 0 Å². The molecule has 3 heteroatoms. The molecule has 9 aromatic carbocycles. The third-order valence-corrected chi connectivity index (χ3v) is 12.8. The fraction of sp³-hybridized carbons (Fsp3) is 0. The number of aromatic nitrogens is 2. The first-order valence-corrected chi connectivity index (χ1v) is 20.3. The smallest absolute Gasteiger partial charge is 0.0555 e. The molecule has 0 radical (unpaired) electrons. The quantitative estimate of drug-likeness (QED) is 0.166. The van der Waals surface area contributed by atoms with Crippen molar-refractivity contribution in [3.05, 3.63) is 206 Å². The maximum atomic E-state index is 2.47. The Labute approximate surface area is 333 Å². The summed E-state index contributed by atoms with van der Waals surface area (Å²) in [7, 11) is 0. The molecular formula is C54H34N2S. The summed E-state index contributed by atoms with van der Waals surface area (Å²) in [5.74, 6) is 0. The van der Waals surface area contributed by atoms with Crippen molar-refractivity contribution in [3.63, 3.8) is 0 Å². The molecule has 0 aliphatic rings. The van der Waals surface area contributed by atoms with E-state index in [-0.39, 0.29) is 0 Å². The standard InChI is InChI=1S/C54H34N2S/c1-4-14-35(15-5-1)39-28-40(36-16-6-2-7-17-36)30-42(29-39)56-50-23-13-11-21-44(50)46-33-48-47-32-38(25-27-53(47)57-54(48)34-52(46)56)37-24-26-51-45(31-37)43-20-10-12-22-49(43)55(51)41-18-8-3-9-19-41/h1-34H. The van der Waals surface area contributed by atoms with E-state index >= 15 is 0 Å². The summed E-state index contributed by atoms with van der Waals surface area (Å²) in [6.07, 6.45) is 0. The van der Waals surface area contributed by atoms with Crippen molar-refractivity contribution in [2.24, 2.45) is 0 Å². The summed E-state index contributed by atoms with van der Waals surface area (Å²) in [5.41, 5.74) is 14.5. The Bertz CT molecular complexity index is 3440. The number of fused-ring (bicyclic) bond motifs is 9. The van der Waals surface area contributed by atoms with E-state index in [9.17, 15) is 0 Å². The Morgan fingerprint density at radius 1 is 0.246 bits per heavy atom. The van der Waals surface area contributed by atoms with E-state index in [1.165, 1.54) is 103 Å². The molecule has 0 aliphatic carbocycles. The number of thiophene rings is 1. The molecule has 0 saturated carbocycles. The van der Waals surface area contributed by atoms with Gasteiger partial charge in [0.05, 0.1) is 22.1 Å². The highest BCUT2D eigenvalue weighted by atomic mass is 32.1. The van der Waals surface area contributed by atoms with Crippen molar-refractivity contribution < 1.29 is 0 Å². The zero-order valence-electron chi connectivity index (χ0n) is 30.9. The first kappa shape index (κ1) is 32.1. The van der Waals surface area contributed by atoms with Gasteiger partial charge in [0.1, 0.15) is 0 Å². The number of hydrogen-bond acceptors (Lipinski definition) is 1. The predicted molar refractivity (Wildman–Crippen MR) is 244 cm³/mol. The fourth-order valence-corrected chi connectivity index (χ4v) is 10.1. The molecule has 3 aromatic heterocycles. The van der Waals surface area contributed by atoms with Crippen LogP contribution in [0.3, 0.4) is 0 Å². The van der Waals surface area contributed by atoms with Gasteiger partial charge in [-0.05, 0) is 112 Å². The average molecular weight is 743 g/mol. The molecule has 0 fully saturated rings. The Kier molecular flexibility index (Phi) is 7.13. The SMILES string of the molecule is c1ccc(-c2cc(-c3ccccc3)cc(-n3c4ccccc4c4cc5c(cc43)sc3ccc(-c4ccc6c(c4)c4ccccc4n6-c4ccccc4)cc35)c2)cc1. The summed E-state index contributed by atoms with van der Waals surface area (Å²) in [5, 5.41) is 7.67. The number of para-hydroxylation sites is 3. The molecule has 0 atom stereocenters. The van der Waals surface area contributed by atoms with E-state index in [1.54, 1.807) is 0 Å². The Balaban J connectivity index is 1.05. The zero-order valence-corrected chi connectivity index (χ0v) is 31.7. The molecule has 266 valence electrons. The van der Waals surface area contributed by atoms with Crippen molar-refractivity contribution in [2.75, 3.05) is 0 Å². The van der Waals surface area contributed by atoms with Crippen LogP contribution >= 0.6 is 11.3 Å². The summed E-state index contributed by atoms with van der Waals surface area (Å²) >= 11 is 1.88. The first-order chi connectivity index (χ1) is 28.2. The minimum atomic E-state index is 1.16. The van der Waals surface area contributed by atoms with E-state index in [0.29, 0.717) is 0 Å². The number of nitrogens with zero attached hydrogens (tertiary/aromatic N) is 2. The van der Waals surface area contributed by atoms with Crippen LogP contribution in [0, 0.1) is 0 Å². The van der Waals surface area contributed by atoms with Crippen LogP contribution in [0.2, 0.25) is 0 Å². The van der Waals surface area contributed by atoms with Gasteiger partial charge in [0, 0.05) is 53.1 Å². The van der Waals surface area contributed by atoms with Crippen LogP contribution in [0.4, 0.5) is 0 Å². The normalized spacial score (nSPS) is 11.9. The maximum absolute atomic E-state index is 2.47. The van der Waals surface area contributed by atoms with E-state index in [0.717, 1.165) is 5.69 Å². The lowest BCUT2D eigenvalue weighted by Crippen LogP contribution is -1.96. The van der Waals surface area contributed by atoms with Crippen LogP contribution in [0.15, 0.2) is 206 Å². The van der Waals surface area contributed by atoms with Gasteiger partial charge in [-0.3, -0.25) is 0 Å². The lowest BCUT2D eigenvalue weighted by molar-refractivity contribution is 1.18. The Morgan fingerprint density at radius 2 is 0.737 bits per heavy atom. The van der Waals surface area contributed by atoms with Gasteiger partial charge in [0.25, 0.3) is 0 Å². The minimum absolute atomic E-state index is 1.16. The van der Waals surface area contributed by atoms with Crippen molar-refractivity contribution in [3.8, 4) is 44.8 Å². The van der Waals surface area contributed by atoms with Crippen LogP contribution in [0.1, 0.15) is 0 Å². The van der Waals surface area contributed by atoms with Crippen LogP contribution in [0.25, 0.3) is 109 Å². The molecule has 2 nitrogen and oxygen atoms in total. The number of benzene rings is 9. The second-order valence-corrected chi connectivity index (χ2v) is 16.0. The van der Waals surface area contributed by atoms with Gasteiger partial charge >= 0.3 is 0 Å². The molecule has 3 heterocycles. The molecule has 0 amide bonds. The van der Waals surface area contributed by atoms with Crippen molar-refractivity contribution in [1.29, 1.82) is 0 Å². The summed E-state index contributed by atoms with van der Waals surface area (Å²) in [4.78, 5) is 0. The lowest BCUT2D eigenvalue weighted by atomic mass is 9.98. The van der Waals surface area contributed by atoms with E-state index in [4.69, 9.17) is 0 Å². The average Bonchev–Trinajstić information content (AvgIpc) is 3.93. The van der Waals surface area contributed by atoms with Gasteiger partial charge in [-0.15, -0.1) is 11.3 Å². The third-order valence-electron chi connectivity index (χ3n) is 11.7. The molecule has 0 N–H and O–H groups in total. The van der Waals surface area contributed by atoms with Gasteiger partial charge in [-0.25, -0.2) is 0 Å². The molecule has 0 saturated heterocycles. The highest BCUT2D eigenvalue weighted by Gasteiger charge is 2.18.